The lowest BCUT2D eigenvalue weighted by Gasteiger charge is -2.27. The summed E-state index contributed by atoms with van der Waals surface area (Å²) < 4.78 is 7.02. The van der Waals surface area contributed by atoms with E-state index >= 15 is 0 Å². The van der Waals surface area contributed by atoms with E-state index in [1.165, 1.54) is 26.9 Å². The van der Waals surface area contributed by atoms with Gasteiger partial charge in [0.15, 0.2) is 0 Å². The van der Waals surface area contributed by atoms with Crippen LogP contribution in [0.4, 0.5) is 17.1 Å². The highest BCUT2D eigenvalue weighted by Crippen LogP contribution is 2.50. The molecule has 0 saturated carbocycles. The Labute approximate surface area is 267 Å². The Morgan fingerprint density at radius 3 is 1.48 bits per heavy atom. The van der Waals surface area contributed by atoms with Gasteiger partial charge in [-0.25, -0.2) is 0 Å². The Hall–Kier alpha value is -6.12. The summed E-state index contributed by atoms with van der Waals surface area (Å²) in [6.45, 7) is 0. The smallest absolute Gasteiger partial charge is 0.143 e. The Kier molecular flexibility index (Phi) is 6.17. The van der Waals surface area contributed by atoms with Gasteiger partial charge in [0, 0.05) is 38.7 Å². The van der Waals surface area contributed by atoms with Gasteiger partial charge < -0.3 is 9.32 Å². The van der Waals surface area contributed by atoms with E-state index < -0.39 is 0 Å². The van der Waals surface area contributed by atoms with Crippen LogP contribution in [0.5, 0.6) is 0 Å². The third-order valence-electron chi connectivity index (χ3n) is 9.04. The van der Waals surface area contributed by atoms with Crippen molar-refractivity contribution in [3.63, 3.8) is 0 Å². The SMILES string of the molecule is c1ccc(-c2oc3c4ccccc4c4ccccc4c3c2-c2ccc(N(c3ccccc3)c3ccccc3)c3ccccc23)cc1. The zero-order valence-corrected chi connectivity index (χ0v) is 25.1. The first-order valence-electron chi connectivity index (χ1n) is 15.7. The minimum Gasteiger partial charge on any atom is -0.455 e. The average molecular weight is 588 g/mol. The molecule has 0 spiro atoms. The number of hydrogen-bond donors (Lipinski definition) is 0. The van der Waals surface area contributed by atoms with Crippen molar-refractivity contribution in [1.29, 1.82) is 0 Å². The van der Waals surface area contributed by atoms with Crippen LogP contribution < -0.4 is 4.90 Å². The summed E-state index contributed by atoms with van der Waals surface area (Å²) in [5.74, 6) is 0.887. The lowest BCUT2D eigenvalue weighted by Crippen LogP contribution is -2.10. The number of para-hydroxylation sites is 2. The molecule has 9 aromatic rings. The third kappa shape index (κ3) is 4.12. The van der Waals surface area contributed by atoms with Crippen molar-refractivity contribution in [1.82, 2.24) is 0 Å². The van der Waals surface area contributed by atoms with E-state index in [9.17, 15) is 0 Å². The molecular formula is C44H29NO. The maximum atomic E-state index is 7.02. The van der Waals surface area contributed by atoms with Crippen molar-refractivity contribution in [3.8, 4) is 22.5 Å². The van der Waals surface area contributed by atoms with E-state index in [0.717, 1.165) is 55.9 Å². The summed E-state index contributed by atoms with van der Waals surface area (Å²) in [4.78, 5) is 2.35. The van der Waals surface area contributed by atoms with Crippen molar-refractivity contribution in [2.24, 2.45) is 0 Å². The van der Waals surface area contributed by atoms with Crippen LogP contribution in [-0.4, -0.2) is 0 Å². The molecule has 1 heterocycles. The summed E-state index contributed by atoms with van der Waals surface area (Å²) in [5.41, 5.74) is 7.61. The maximum Gasteiger partial charge on any atom is 0.143 e. The van der Waals surface area contributed by atoms with Gasteiger partial charge in [-0.1, -0.05) is 146 Å². The van der Waals surface area contributed by atoms with Crippen molar-refractivity contribution < 1.29 is 4.42 Å². The molecule has 9 rings (SSSR count). The van der Waals surface area contributed by atoms with Crippen LogP contribution in [0.3, 0.4) is 0 Å². The van der Waals surface area contributed by atoms with E-state index in [0.29, 0.717) is 0 Å². The van der Waals surface area contributed by atoms with Crippen molar-refractivity contribution >= 4 is 60.3 Å². The lowest BCUT2D eigenvalue weighted by molar-refractivity contribution is 0.636. The average Bonchev–Trinajstić information content (AvgIpc) is 3.54. The fraction of sp³-hybridized carbons (Fsp3) is 0. The molecule has 0 amide bonds. The molecule has 0 aliphatic rings. The Morgan fingerprint density at radius 2 is 0.848 bits per heavy atom. The first-order chi connectivity index (χ1) is 22.9. The van der Waals surface area contributed by atoms with Gasteiger partial charge in [0.05, 0.1) is 5.69 Å². The van der Waals surface area contributed by atoms with Gasteiger partial charge in [-0.15, -0.1) is 0 Å². The first-order valence-corrected chi connectivity index (χ1v) is 15.7. The zero-order valence-electron chi connectivity index (χ0n) is 25.1. The molecule has 0 radical (unpaired) electrons. The Bertz CT molecular complexity index is 2480. The molecule has 0 unspecified atom stereocenters. The fourth-order valence-electron chi connectivity index (χ4n) is 7.06. The number of hydrogen-bond acceptors (Lipinski definition) is 2. The number of anilines is 3. The molecule has 1 aromatic heterocycles. The molecule has 0 aliphatic heterocycles. The molecule has 46 heavy (non-hydrogen) atoms. The number of nitrogens with zero attached hydrogens (tertiary/aromatic N) is 1. The highest BCUT2D eigenvalue weighted by Gasteiger charge is 2.25. The molecule has 0 saturated heterocycles. The van der Waals surface area contributed by atoms with Crippen molar-refractivity contribution in [2.45, 2.75) is 0 Å². The predicted octanol–water partition coefficient (Wildman–Crippen LogP) is 12.7. The highest BCUT2D eigenvalue weighted by atomic mass is 16.3. The molecule has 216 valence electrons. The van der Waals surface area contributed by atoms with Crippen LogP contribution in [0, 0.1) is 0 Å². The highest BCUT2D eigenvalue weighted by molar-refractivity contribution is 6.29. The monoisotopic (exact) mass is 587 g/mol. The predicted molar refractivity (Wildman–Crippen MR) is 194 cm³/mol. The van der Waals surface area contributed by atoms with E-state index in [4.69, 9.17) is 4.42 Å². The van der Waals surface area contributed by atoms with Gasteiger partial charge >= 0.3 is 0 Å². The molecule has 0 atom stereocenters. The molecule has 0 fully saturated rings. The number of fused-ring (bicyclic) bond motifs is 7. The van der Waals surface area contributed by atoms with E-state index in [2.05, 4.69) is 181 Å². The lowest BCUT2D eigenvalue weighted by atomic mass is 9.89. The third-order valence-corrected chi connectivity index (χ3v) is 9.04. The van der Waals surface area contributed by atoms with Gasteiger partial charge in [-0.3, -0.25) is 0 Å². The maximum absolute atomic E-state index is 7.02. The van der Waals surface area contributed by atoms with Crippen molar-refractivity contribution in [3.05, 3.63) is 176 Å². The van der Waals surface area contributed by atoms with E-state index in [1.54, 1.807) is 0 Å². The fourth-order valence-corrected chi connectivity index (χ4v) is 7.06. The topological polar surface area (TPSA) is 16.4 Å². The summed E-state index contributed by atoms with van der Waals surface area (Å²) in [5, 5.41) is 8.24. The zero-order chi connectivity index (χ0) is 30.5. The second-order valence-electron chi connectivity index (χ2n) is 11.7. The minimum atomic E-state index is 0.887. The quantitative estimate of drug-likeness (QED) is 0.186. The standard InChI is InChI=1S/C44H29NO/c1-4-16-30(17-5-1)43-41(42-37-26-14-11-22-33(37)34-23-12-15-27-39(34)44(42)46-43)38-28-29-40(36-25-13-10-24-35(36)38)45(31-18-6-2-7-19-31)32-20-8-3-9-21-32/h1-29H. The second kappa shape index (κ2) is 10.8. The second-order valence-corrected chi connectivity index (χ2v) is 11.7. The van der Waals surface area contributed by atoms with Crippen LogP contribution in [0.1, 0.15) is 0 Å². The molecule has 2 nitrogen and oxygen atoms in total. The summed E-state index contributed by atoms with van der Waals surface area (Å²) in [7, 11) is 0. The number of rotatable bonds is 5. The van der Waals surface area contributed by atoms with Gasteiger partial charge in [-0.05, 0) is 57.4 Å². The normalized spacial score (nSPS) is 11.5. The number of benzene rings is 8. The summed E-state index contributed by atoms with van der Waals surface area (Å²) in [6.07, 6.45) is 0. The molecule has 0 bridgehead atoms. The molecule has 0 aliphatic carbocycles. The molecule has 0 N–H and O–H groups in total. The van der Waals surface area contributed by atoms with Gasteiger partial charge in [0.2, 0.25) is 0 Å². The van der Waals surface area contributed by atoms with Gasteiger partial charge in [0.25, 0.3) is 0 Å². The Balaban J connectivity index is 1.41. The van der Waals surface area contributed by atoms with E-state index in [-0.39, 0.29) is 0 Å². The van der Waals surface area contributed by atoms with Gasteiger partial charge in [-0.2, -0.15) is 0 Å². The summed E-state index contributed by atoms with van der Waals surface area (Å²) >= 11 is 0. The molecule has 8 aromatic carbocycles. The number of furan rings is 1. The van der Waals surface area contributed by atoms with Crippen LogP contribution in [-0.2, 0) is 0 Å². The minimum absolute atomic E-state index is 0.887. The summed E-state index contributed by atoms with van der Waals surface area (Å²) in [6, 6.07) is 62.4. The van der Waals surface area contributed by atoms with E-state index in [1.807, 2.05) is 0 Å². The Morgan fingerprint density at radius 1 is 0.370 bits per heavy atom. The van der Waals surface area contributed by atoms with Crippen LogP contribution in [0.15, 0.2) is 180 Å². The van der Waals surface area contributed by atoms with Crippen molar-refractivity contribution in [2.75, 3.05) is 4.90 Å². The molecular weight excluding hydrogens is 558 g/mol. The van der Waals surface area contributed by atoms with Crippen LogP contribution in [0.25, 0.3) is 65.7 Å². The molecule has 2 heteroatoms. The van der Waals surface area contributed by atoms with Crippen LogP contribution >= 0.6 is 0 Å². The first kappa shape index (κ1) is 26.3. The van der Waals surface area contributed by atoms with Gasteiger partial charge in [0.1, 0.15) is 11.3 Å². The van der Waals surface area contributed by atoms with Crippen LogP contribution in [0.2, 0.25) is 0 Å². The largest absolute Gasteiger partial charge is 0.455 e.